The van der Waals surface area contributed by atoms with Gasteiger partial charge in [0.05, 0.1) is 0 Å². The summed E-state index contributed by atoms with van der Waals surface area (Å²) in [6.07, 6.45) is 7.03. The van der Waals surface area contributed by atoms with Crippen LogP contribution in [0.15, 0.2) is 24.3 Å². The molecule has 1 aromatic rings. The molecule has 0 aliphatic rings. The standard InChI is InChI=1S/3C8H18N.C7H5F6Si.Hf/c3*1-5-7(3)9-8(4)6-2;8-6(9,10)14(7(11,12)13)5-3-1-2-4-5;/h3*7-8H,5-6H2,1-4H3;1-4,14H;/q4*-1;+4. The molecule has 0 heterocycles. The van der Waals surface area contributed by atoms with Crippen molar-refractivity contribution in [1.82, 2.24) is 0 Å². The van der Waals surface area contributed by atoms with Crippen LogP contribution in [-0.4, -0.2) is 56.6 Å². The molecule has 1 rings (SSSR count). The van der Waals surface area contributed by atoms with E-state index in [4.69, 9.17) is 0 Å². The Morgan fingerprint density at radius 2 is 0.690 bits per heavy atom. The van der Waals surface area contributed by atoms with Crippen LogP contribution in [0.3, 0.4) is 0 Å². The zero-order valence-corrected chi connectivity index (χ0v) is 33.0. The quantitative estimate of drug-likeness (QED) is 0.108. The van der Waals surface area contributed by atoms with Gasteiger partial charge in [-0.1, -0.05) is 122 Å². The van der Waals surface area contributed by atoms with E-state index in [-0.39, 0.29) is 25.8 Å². The van der Waals surface area contributed by atoms with Gasteiger partial charge in [-0.25, -0.2) is 12.1 Å². The Morgan fingerprint density at radius 3 is 0.833 bits per heavy atom. The zero-order chi connectivity index (χ0) is 32.8. The summed E-state index contributed by atoms with van der Waals surface area (Å²) in [4.78, 5) is 0. The number of hydrogen-bond donors (Lipinski definition) is 0. The molecule has 0 saturated heterocycles. The summed E-state index contributed by atoms with van der Waals surface area (Å²) < 4.78 is 72.7. The monoisotopic (exact) mass is 795 g/mol. The second kappa shape index (κ2) is 27.2. The van der Waals surface area contributed by atoms with Crippen LogP contribution in [-0.2, 0) is 25.8 Å². The fourth-order valence-corrected chi connectivity index (χ4v) is 4.81. The molecule has 0 amide bonds. The second-order valence-electron chi connectivity index (χ2n) is 10.7. The molecule has 0 N–H and O–H groups in total. The molecule has 0 aliphatic heterocycles. The maximum absolute atomic E-state index is 12.1. The van der Waals surface area contributed by atoms with Crippen molar-refractivity contribution in [3.05, 3.63) is 40.2 Å². The molecule has 0 saturated carbocycles. The first-order valence-corrected chi connectivity index (χ1v) is 17.0. The molecule has 0 radical (unpaired) electrons. The van der Waals surface area contributed by atoms with Gasteiger partial charge in [-0.05, 0) is 0 Å². The van der Waals surface area contributed by atoms with Crippen LogP contribution in [0.2, 0.25) is 0 Å². The van der Waals surface area contributed by atoms with Crippen molar-refractivity contribution in [3.63, 3.8) is 0 Å². The molecule has 42 heavy (non-hydrogen) atoms. The van der Waals surface area contributed by atoms with Gasteiger partial charge in [0.1, 0.15) is 0 Å². The Balaban J connectivity index is -0.000000233. The van der Waals surface area contributed by atoms with Crippen molar-refractivity contribution in [3.8, 4) is 0 Å². The molecule has 0 aromatic heterocycles. The summed E-state index contributed by atoms with van der Waals surface area (Å²) in [6, 6.07) is 7.43. The molecular weight excluding hydrogens is 735 g/mol. The molecule has 0 aliphatic carbocycles. The van der Waals surface area contributed by atoms with Gasteiger partial charge in [0.15, 0.2) is 0 Å². The van der Waals surface area contributed by atoms with E-state index in [1.807, 2.05) is 0 Å². The van der Waals surface area contributed by atoms with Crippen molar-refractivity contribution in [2.24, 2.45) is 0 Å². The first-order chi connectivity index (χ1) is 18.8. The third kappa shape index (κ3) is 27.4. The third-order valence-corrected chi connectivity index (χ3v) is 9.11. The van der Waals surface area contributed by atoms with Crippen LogP contribution in [0.1, 0.15) is 122 Å². The van der Waals surface area contributed by atoms with Gasteiger partial charge in [0, 0.05) is 0 Å². The van der Waals surface area contributed by atoms with E-state index in [2.05, 4.69) is 99.0 Å². The third-order valence-electron chi connectivity index (χ3n) is 6.75. The maximum Gasteiger partial charge on any atom is 4.00 e. The van der Waals surface area contributed by atoms with Gasteiger partial charge in [0.2, 0.25) is 0 Å². The number of rotatable bonds is 13. The van der Waals surface area contributed by atoms with E-state index in [0.717, 1.165) is 12.1 Å². The van der Waals surface area contributed by atoms with Gasteiger partial charge in [-0.3, -0.25) is 0 Å². The normalized spacial score (nSPS) is 15.7. The minimum absolute atomic E-state index is 0. The molecular formula is C31H59F6HfN3Si. The SMILES string of the molecule is CCC(C)[N-]C(C)CC.CCC(C)[N-]C(C)CC.CCC(C)[N-]C(C)CC.FC(F)(F)[SiH]([c-]1cccc1)C(F)(F)F.[Hf+4]. The fraction of sp³-hybridized carbons (Fsp3) is 0.839. The maximum atomic E-state index is 12.1. The molecule has 0 bridgehead atoms. The smallest absolute Gasteiger partial charge is 0.657 e. The van der Waals surface area contributed by atoms with Crippen molar-refractivity contribution >= 4 is 14.0 Å². The average molecular weight is 794 g/mol. The van der Waals surface area contributed by atoms with Crippen LogP contribution in [0.4, 0.5) is 26.3 Å². The second-order valence-corrected chi connectivity index (χ2v) is 13.6. The van der Waals surface area contributed by atoms with Gasteiger partial charge in [-0.15, -0.1) is 41.4 Å². The van der Waals surface area contributed by atoms with Crippen molar-refractivity contribution in [2.45, 2.75) is 169 Å². The summed E-state index contributed by atoms with van der Waals surface area (Å²) in [5.74, 6) is -10.3. The minimum Gasteiger partial charge on any atom is -0.657 e. The Hall–Kier alpha value is -0.103. The van der Waals surface area contributed by atoms with Gasteiger partial charge in [-0.2, -0.15) is 38.5 Å². The predicted octanol–water partition coefficient (Wildman–Crippen LogP) is 10.9. The Morgan fingerprint density at radius 1 is 0.500 bits per heavy atom. The summed E-state index contributed by atoms with van der Waals surface area (Å²) in [5.41, 5.74) is 0. The number of alkyl halides is 6. The zero-order valence-electron chi connectivity index (χ0n) is 28.2. The predicted molar refractivity (Wildman–Crippen MR) is 170 cm³/mol. The number of halogens is 6. The largest absolute Gasteiger partial charge is 4.00 e. The molecule has 11 heteroatoms. The Labute approximate surface area is 274 Å². The molecule has 6 unspecified atom stereocenters. The summed E-state index contributed by atoms with van der Waals surface area (Å²) >= 11 is 0. The summed E-state index contributed by atoms with van der Waals surface area (Å²) in [5, 5.41) is 12.9. The van der Waals surface area contributed by atoms with Crippen LogP contribution in [0.5, 0.6) is 0 Å². The van der Waals surface area contributed by atoms with Crippen molar-refractivity contribution < 1.29 is 52.2 Å². The Kier molecular flexibility index (Phi) is 31.6. The van der Waals surface area contributed by atoms with Crippen LogP contribution in [0, 0.1) is 0 Å². The summed E-state index contributed by atoms with van der Waals surface area (Å²) in [7, 11) is -4.92. The van der Waals surface area contributed by atoms with E-state index >= 15 is 0 Å². The van der Waals surface area contributed by atoms with Gasteiger partial charge in [0.25, 0.3) is 8.80 Å². The minimum atomic E-state index is -5.16. The molecule has 3 nitrogen and oxygen atoms in total. The first-order valence-electron chi connectivity index (χ1n) is 15.3. The molecule has 6 atom stereocenters. The van der Waals surface area contributed by atoms with E-state index in [0.29, 0.717) is 36.3 Å². The fourth-order valence-electron chi connectivity index (χ4n) is 3.08. The van der Waals surface area contributed by atoms with E-state index in [1.54, 1.807) is 0 Å². The van der Waals surface area contributed by atoms with Gasteiger partial charge < -0.3 is 16.0 Å². The van der Waals surface area contributed by atoms with Crippen molar-refractivity contribution in [1.29, 1.82) is 0 Å². The Bertz CT molecular complexity index is 608. The van der Waals surface area contributed by atoms with Crippen LogP contribution < -0.4 is 5.19 Å². The van der Waals surface area contributed by atoms with E-state index < -0.39 is 25.6 Å². The topological polar surface area (TPSA) is 42.3 Å². The summed E-state index contributed by atoms with van der Waals surface area (Å²) in [6.45, 7) is 26.1. The van der Waals surface area contributed by atoms with E-state index in [1.165, 1.54) is 50.7 Å². The molecule has 248 valence electrons. The van der Waals surface area contributed by atoms with Crippen molar-refractivity contribution in [2.75, 3.05) is 0 Å². The van der Waals surface area contributed by atoms with Gasteiger partial charge >= 0.3 is 37.4 Å². The average Bonchev–Trinajstić information content (AvgIpc) is 3.40. The number of nitrogens with zero attached hydrogens (tertiary/aromatic N) is 3. The van der Waals surface area contributed by atoms with Crippen LogP contribution >= 0.6 is 0 Å². The van der Waals surface area contributed by atoms with Crippen LogP contribution in [0.25, 0.3) is 16.0 Å². The molecule has 0 fully saturated rings. The number of hydrogen-bond acceptors (Lipinski definition) is 0. The first kappa shape index (κ1) is 48.8. The van der Waals surface area contributed by atoms with E-state index in [9.17, 15) is 26.3 Å². The molecule has 1 aromatic carbocycles. The molecule has 0 spiro atoms.